The fourth-order valence-corrected chi connectivity index (χ4v) is 3.46. The number of halogens is 1. The lowest BCUT2D eigenvalue weighted by molar-refractivity contribution is -0.384. The van der Waals surface area contributed by atoms with Crippen molar-refractivity contribution in [1.29, 1.82) is 0 Å². The highest BCUT2D eigenvalue weighted by atomic mass is 35.5. The maximum Gasteiger partial charge on any atom is 0.271 e. The van der Waals surface area contributed by atoms with Gasteiger partial charge < -0.3 is 10.6 Å². The monoisotopic (exact) mass is 404 g/mol. The Balaban J connectivity index is 1.65. The molecule has 1 aliphatic rings. The zero-order chi connectivity index (χ0) is 19.4. The standard InChI is InChI=1S/C17H13ClN4O4S/c18-12-7-6-11(22(25)26)8-13(12)20-15(23)9-14-16(24)21-17(27-14)19-10-4-2-1-3-5-10/h1-8,14H,9H2,(H,20,23)(H,19,21,24)/t14-/m0/s1. The quantitative estimate of drug-likeness (QED) is 0.584. The molecular formula is C17H13ClN4O4S. The third kappa shape index (κ3) is 4.83. The molecule has 27 heavy (non-hydrogen) atoms. The summed E-state index contributed by atoms with van der Waals surface area (Å²) < 4.78 is 0. The molecule has 1 atom stereocenters. The number of hydrogen-bond acceptors (Lipinski definition) is 6. The van der Waals surface area contributed by atoms with E-state index in [1.165, 1.54) is 18.2 Å². The summed E-state index contributed by atoms with van der Waals surface area (Å²) in [7, 11) is 0. The number of nitro benzene ring substituents is 1. The van der Waals surface area contributed by atoms with Crippen LogP contribution in [-0.2, 0) is 9.59 Å². The summed E-state index contributed by atoms with van der Waals surface area (Å²) in [5.74, 6) is -0.805. The fraction of sp³-hybridized carbons (Fsp3) is 0.118. The van der Waals surface area contributed by atoms with E-state index in [9.17, 15) is 19.7 Å². The molecule has 1 fully saturated rings. The summed E-state index contributed by atoms with van der Waals surface area (Å²) in [6.45, 7) is 0. The van der Waals surface area contributed by atoms with Crippen LogP contribution >= 0.6 is 23.4 Å². The van der Waals surface area contributed by atoms with Gasteiger partial charge in [0.15, 0.2) is 5.17 Å². The number of nitrogens with one attached hydrogen (secondary N) is 2. The zero-order valence-electron chi connectivity index (χ0n) is 13.7. The van der Waals surface area contributed by atoms with Crippen LogP contribution in [0.25, 0.3) is 0 Å². The van der Waals surface area contributed by atoms with Crippen molar-refractivity contribution in [3.63, 3.8) is 0 Å². The average molecular weight is 405 g/mol. The number of benzene rings is 2. The topological polar surface area (TPSA) is 114 Å². The van der Waals surface area contributed by atoms with Gasteiger partial charge in [-0.1, -0.05) is 41.6 Å². The van der Waals surface area contributed by atoms with Gasteiger partial charge in [-0.2, -0.15) is 0 Å². The van der Waals surface area contributed by atoms with E-state index in [1.807, 2.05) is 18.2 Å². The van der Waals surface area contributed by atoms with E-state index in [0.717, 1.165) is 11.8 Å². The Morgan fingerprint density at radius 2 is 2.04 bits per heavy atom. The summed E-state index contributed by atoms with van der Waals surface area (Å²) in [5, 5.41) is 15.9. The second-order valence-electron chi connectivity index (χ2n) is 5.52. The predicted molar refractivity (Wildman–Crippen MR) is 104 cm³/mol. The molecule has 0 aliphatic carbocycles. The van der Waals surface area contributed by atoms with Crippen molar-refractivity contribution >= 4 is 57.4 Å². The number of hydrogen-bond donors (Lipinski definition) is 2. The molecule has 2 N–H and O–H groups in total. The van der Waals surface area contributed by atoms with Crippen LogP contribution < -0.4 is 10.6 Å². The molecule has 3 rings (SSSR count). The number of amidine groups is 1. The molecule has 8 nitrogen and oxygen atoms in total. The van der Waals surface area contributed by atoms with E-state index < -0.39 is 16.1 Å². The summed E-state index contributed by atoms with van der Waals surface area (Å²) in [6, 6.07) is 12.8. The van der Waals surface area contributed by atoms with Gasteiger partial charge in [0.2, 0.25) is 11.8 Å². The molecule has 0 unspecified atom stereocenters. The van der Waals surface area contributed by atoms with E-state index in [1.54, 1.807) is 12.1 Å². The highest BCUT2D eigenvalue weighted by Gasteiger charge is 2.32. The fourth-order valence-electron chi connectivity index (χ4n) is 2.30. The number of thioether (sulfide) groups is 1. The smallest absolute Gasteiger partial charge is 0.271 e. The van der Waals surface area contributed by atoms with Gasteiger partial charge >= 0.3 is 0 Å². The zero-order valence-corrected chi connectivity index (χ0v) is 15.3. The third-order valence-electron chi connectivity index (χ3n) is 3.57. The molecule has 1 aliphatic heterocycles. The van der Waals surface area contributed by atoms with Crippen LogP contribution in [0.5, 0.6) is 0 Å². The van der Waals surface area contributed by atoms with Crippen LogP contribution in [-0.4, -0.2) is 27.2 Å². The normalized spacial score (nSPS) is 17.6. The summed E-state index contributed by atoms with van der Waals surface area (Å²) in [6.07, 6.45) is -0.122. The molecule has 0 aromatic heterocycles. The Labute approximate surface area is 163 Å². The van der Waals surface area contributed by atoms with Gasteiger partial charge in [0, 0.05) is 18.6 Å². The van der Waals surface area contributed by atoms with Crippen LogP contribution in [0.15, 0.2) is 53.5 Å². The van der Waals surface area contributed by atoms with Crippen LogP contribution in [0.1, 0.15) is 6.42 Å². The molecule has 0 radical (unpaired) electrons. The average Bonchev–Trinajstić information content (AvgIpc) is 2.96. The van der Waals surface area contributed by atoms with Crippen LogP contribution in [0.2, 0.25) is 5.02 Å². The van der Waals surface area contributed by atoms with Crippen LogP contribution in [0, 0.1) is 10.1 Å². The molecule has 2 amide bonds. The lowest BCUT2D eigenvalue weighted by atomic mass is 10.2. The largest absolute Gasteiger partial charge is 0.325 e. The molecule has 0 saturated carbocycles. The number of non-ortho nitro benzene ring substituents is 1. The van der Waals surface area contributed by atoms with E-state index >= 15 is 0 Å². The molecule has 1 heterocycles. The van der Waals surface area contributed by atoms with Crippen molar-refractivity contribution in [2.24, 2.45) is 4.99 Å². The number of carbonyl (C=O) groups is 2. The second-order valence-corrected chi connectivity index (χ2v) is 7.12. The van der Waals surface area contributed by atoms with Gasteiger partial charge in [0.25, 0.3) is 5.69 Å². The van der Waals surface area contributed by atoms with Crippen LogP contribution in [0.3, 0.4) is 0 Å². The minimum atomic E-state index is -0.648. The van der Waals surface area contributed by atoms with Gasteiger partial charge in [0.1, 0.15) is 5.25 Å². The molecule has 0 spiro atoms. The van der Waals surface area contributed by atoms with Crippen molar-refractivity contribution < 1.29 is 14.5 Å². The first-order valence-corrected chi connectivity index (χ1v) is 9.03. The van der Waals surface area contributed by atoms with Crippen molar-refractivity contribution in [3.05, 3.63) is 63.7 Å². The minimum Gasteiger partial charge on any atom is -0.325 e. The number of carbonyl (C=O) groups excluding carboxylic acids is 2. The van der Waals surface area contributed by atoms with Crippen molar-refractivity contribution in [2.45, 2.75) is 11.7 Å². The number of aliphatic imine (C=N–C) groups is 1. The van der Waals surface area contributed by atoms with Crippen molar-refractivity contribution in [3.8, 4) is 0 Å². The predicted octanol–water partition coefficient (Wildman–Crippen LogP) is 3.50. The van der Waals surface area contributed by atoms with E-state index in [4.69, 9.17) is 11.6 Å². The number of nitrogens with zero attached hydrogens (tertiary/aromatic N) is 2. The summed E-state index contributed by atoms with van der Waals surface area (Å²) in [5.41, 5.74) is 0.617. The first-order chi connectivity index (χ1) is 12.9. The Morgan fingerprint density at radius 1 is 1.30 bits per heavy atom. The second kappa shape index (κ2) is 8.19. The van der Waals surface area contributed by atoms with E-state index in [2.05, 4.69) is 15.6 Å². The van der Waals surface area contributed by atoms with Crippen LogP contribution in [0.4, 0.5) is 17.1 Å². The Hall–Kier alpha value is -2.91. The maximum atomic E-state index is 12.2. The molecular weight excluding hydrogens is 392 g/mol. The molecule has 138 valence electrons. The van der Waals surface area contributed by atoms with Gasteiger partial charge in [-0.15, -0.1) is 0 Å². The first kappa shape index (κ1) is 18.9. The Morgan fingerprint density at radius 3 is 2.74 bits per heavy atom. The third-order valence-corrected chi connectivity index (χ3v) is 4.98. The highest BCUT2D eigenvalue weighted by Crippen LogP contribution is 2.29. The van der Waals surface area contributed by atoms with Gasteiger partial charge in [0.05, 0.1) is 21.3 Å². The number of nitro groups is 1. The summed E-state index contributed by atoms with van der Waals surface area (Å²) in [4.78, 5) is 38.9. The van der Waals surface area contributed by atoms with Gasteiger partial charge in [-0.25, -0.2) is 4.99 Å². The van der Waals surface area contributed by atoms with Crippen molar-refractivity contribution in [2.75, 3.05) is 5.32 Å². The van der Waals surface area contributed by atoms with Crippen molar-refractivity contribution in [1.82, 2.24) is 5.32 Å². The number of anilines is 1. The molecule has 2 aromatic carbocycles. The maximum absolute atomic E-state index is 12.2. The molecule has 2 aromatic rings. The molecule has 1 saturated heterocycles. The lowest BCUT2D eigenvalue weighted by Crippen LogP contribution is -2.28. The number of rotatable bonds is 5. The van der Waals surface area contributed by atoms with Gasteiger partial charge in [-0.3, -0.25) is 19.7 Å². The first-order valence-electron chi connectivity index (χ1n) is 7.77. The lowest BCUT2D eigenvalue weighted by Gasteiger charge is -2.08. The van der Waals surface area contributed by atoms with Gasteiger partial charge in [-0.05, 0) is 18.2 Å². The molecule has 0 bridgehead atoms. The summed E-state index contributed by atoms with van der Waals surface area (Å²) >= 11 is 7.11. The Bertz CT molecular complexity index is 936. The number of amides is 2. The number of para-hydroxylation sites is 1. The molecule has 10 heteroatoms. The highest BCUT2D eigenvalue weighted by molar-refractivity contribution is 8.15. The Kier molecular flexibility index (Phi) is 5.72. The van der Waals surface area contributed by atoms with E-state index in [-0.39, 0.29) is 28.7 Å². The SMILES string of the molecule is O=C(C[C@@H]1SC(=Nc2ccccc2)NC1=O)Nc1cc([N+](=O)[O-])ccc1Cl. The van der Waals surface area contributed by atoms with E-state index in [0.29, 0.717) is 10.9 Å². The minimum absolute atomic E-state index is 0.122.